The van der Waals surface area contributed by atoms with Gasteiger partial charge in [0, 0.05) is 41.3 Å². The van der Waals surface area contributed by atoms with Crippen LogP contribution >= 0.6 is 0 Å². The molecule has 0 fully saturated rings. The largest absolute Gasteiger partial charge is 0.458 e. The number of rotatable bonds is 14. The summed E-state index contributed by atoms with van der Waals surface area (Å²) in [5, 5.41) is 7.16. The van der Waals surface area contributed by atoms with Gasteiger partial charge in [-0.25, -0.2) is 18.5 Å². The maximum Gasteiger partial charge on any atom is 0.408 e. The zero-order valence-electron chi connectivity index (χ0n) is 27.8. The van der Waals surface area contributed by atoms with Gasteiger partial charge in [0.15, 0.2) is 0 Å². The zero-order valence-corrected chi connectivity index (χ0v) is 29.6. The van der Waals surface area contributed by atoms with Gasteiger partial charge in [0.2, 0.25) is 0 Å². The smallest absolute Gasteiger partial charge is 0.408 e. The Balaban J connectivity index is 2.14. The van der Waals surface area contributed by atoms with Crippen molar-refractivity contribution in [3.63, 3.8) is 0 Å². The van der Waals surface area contributed by atoms with Crippen molar-refractivity contribution in [1.82, 2.24) is 15.1 Å². The number of nitrogens with zero attached hydrogens (tertiary/aromatic N) is 2. The third-order valence-electron chi connectivity index (χ3n) is 6.53. The first-order valence-electron chi connectivity index (χ1n) is 14.9. The first kappa shape index (κ1) is 38.5. The molecule has 1 aromatic heterocycles. The number of ether oxygens (including phenoxy) is 3. The fourth-order valence-corrected chi connectivity index (χ4v) is 6.46. The summed E-state index contributed by atoms with van der Waals surface area (Å²) in [6.07, 6.45) is -4.96. The van der Waals surface area contributed by atoms with E-state index in [-0.39, 0.29) is 18.7 Å². The number of alkyl carbamates (subject to hydrolysis) is 1. The number of alkyl halides is 3. The van der Waals surface area contributed by atoms with Crippen molar-refractivity contribution < 1.29 is 41.2 Å². The lowest BCUT2D eigenvalue weighted by molar-refractivity contribution is -0.157. The highest BCUT2D eigenvalue weighted by molar-refractivity contribution is 7.92. The Kier molecular flexibility index (Phi) is 12.7. The zero-order chi connectivity index (χ0) is 34.4. The Hall–Kier alpha value is -2.65. The van der Waals surface area contributed by atoms with Crippen LogP contribution in [0.2, 0.25) is 25.7 Å². The molecule has 45 heavy (non-hydrogen) atoms. The summed E-state index contributed by atoms with van der Waals surface area (Å²) in [5.41, 5.74) is -1.16. The van der Waals surface area contributed by atoms with Gasteiger partial charge >= 0.3 is 18.2 Å². The van der Waals surface area contributed by atoms with Crippen LogP contribution in [0.4, 0.5) is 18.0 Å². The van der Waals surface area contributed by atoms with E-state index in [0.717, 1.165) is 6.04 Å². The van der Waals surface area contributed by atoms with Crippen molar-refractivity contribution in [1.29, 1.82) is 4.78 Å². The van der Waals surface area contributed by atoms with Crippen LogP contribution in [0.3, 0.4) is 0 Å². The Labute approximate surface area is 265 Å². The van der Waals surface area contributed by atoms with Crippen LogP contribution < -0.4 is 5.32 Å². The molecule has 0 spiro atoms. The van der Waals surface area contributed by atoms with E-state index in [2.05, 4.69) is 30.1 Å². The number of amides is 1. The van der Waals surface area contributed by atoms with Crippen molar-refractivity contribution in [3.8, 4) is 0 Å². The fourth-order valence-electron chi connectivity index (χ4n) is 4.26. The first-order chi connectivity index (χ1) is 20.4. The molecule has 0 aliphatic rings. The van der Waals surface area contributed by atoms with Crippen LogP contribution in [-0.2, 0) is 35.5 Å². The molecule has 0 aliphatic carbocycles. The quantitative estimate of drug-likeness (QED) is 0.124. The van der Waals surface area contributed by atoms with Gasteiger partial charge in [0.05, 0.1) is 17.6 Å². The van der Waals surface area contributed by atoms with E-state index >= 15 is 0 Å². The van der Waals surface area contributed by atoms with Gasteiger partial charge in [0.25, 0.3) is 0 Å². The van der Waals surface area contributed by atoms with Crippen molar-refractivity contribution >= 4 is 40.8 Å². The molecule has 1 amide bonds. The molecule has 2 aromatic rings. The standard InChI is InChI=1S/C30H49F3N4O6SSi/c1-28(2,3)42-26(38)24(36-27(39)43-29(4,5)6)13-16-44(34,40)15-12-23(30(31,32)33)21-10-11-25-22(18-21)19-35-37(25)20-41-14-17-45(7,8)9/h10-11,18-19,23-24,34H,12-17,20H2,1-9H3,(H,36,39)/t23?,24-,44?/m0/s1. The lowest BCUT2D eigenvalue weighted by atomic mass is 9.95. The summed E-state index contributed by atoms with van der Waals surface area (Å²) in [4.78, 5) is 25.1. The second-order valence-electron chi connectivity index (χ2n) is 14.4. The molecule has 15 heteroatoms. The molecule has 2 N–H and O–H groups in total. The number of nitrogens with one attached hydrogen (secondary N) is 2. The van der Waals surface area contributed by atoms with E-state index in [9.17, 15) is 27.0 Å². The van der Waals surface area contributed by atoms with Gasteiger partial charge in [0.1, 0.15) is 24.0 Å². The highest BCUT2D eigenvalue weighted by Crippen LogP contribution is 2.39. The highest BCUT2D eigenvalue weighted by Gasteiger charge is 2.41. The number of benzene rings is 1. The van der Waals surface area contributed by atoms with Gasteiger partial charge in [-0.05, 0) is 78.1 Å². The third-order valence-corrected chi connectivity index (χ3v) is 10.0. The third kappa shape index (κ3) is 14.1. The number of aromatic nitrogens is 2. The molecule has 10 nitrogen and oxygen atoms in total. The van der Waals surface area contributed by atoms with Crippen LogP contribution in [0.5, 0.6) is 0 Å². The van der Waals surface area contributed by atoms with Crippen LogP contribution in [0.15, 0.2) is 24.4 Å². The number of halogens is 3. The highest BCUT2D eigenvalue weighted by atomic mass is 32.2. The van der Waals surface area contributed by atoms with Crippen molar-refractivity contribution in [2.45, 2.75) is 116 Å². The summed E-state index contributed by atoms with van der Waals surface area (Å²) < 4.78 is 82.0. The Bertz CT molecular complexity index is 1410. The number of hydrogen-bond donors (Lipinski definition) is 2. The second kappa shape index (κ2) is 14.8. The Morgan fingerprint density at radius 2 is 1.62 bits per heavy atom. The molecule has 0 bridgehead atoms. The summed E-state index contributed by atoms with van der Waals surface area (Å²) in [5.74, 6) is -3.79. The molecule has 1 heterocycles. The van der Waals surface area contributed by atoms with Gasteiger partial charge in [-0.15, -0.1) is 0 Å². The van der Waals surface area contributed by atoms with E-state index < -0.39 is 77.1 Å². The van der Waals surface area contributed by atoms with Crippen molar-refractivity contribution in [3.05, 3.63) is 30.0 Å². The SMILES string of the molecule is CC(C)(C)OC(=O)N[C@@H](CCS(=N)(=O)CCC(c1ccc2c(cnn2COCC[Si](C)(C)C)c1)C(F)(F)F)C(=O)OC(C)(C)C. The predicted molar refractivity (Wildman–Crippen MR) is 171 cm³/mol. The van der Waals surface area contributed by atoms with Crippen LogP contribution in [0.25, 0.3) is 10.9 Å². The molecule has 2 unspecified atom stereocenters. The van der Waals surface area contributed by atoms with E-state index in [1.807, 2.05) is 0 Å². The molecular formula is C30H49F3N4O6SSi. The summed E-state index contributed by atoms with van der Waals surface area (Å²) in [7, 11) is -4.85. The first-order valence-corrected chi connectivity index (χ1v) is 20.5. The molecular weight excluding hydrogens is 629 g/mol. The normalized spacial score (nSPS) is 15.7. The van der Waals surface area contributed by atoms with E-state index in [0.29, 0.717) is 17.5 Å². The minimum atomic E-state index is -4.66. The Morgan fingerprint density at radius 3 is 2.18 bits per heavy atom. The van der Waals surface area contributed by atoms with Crippen molar-refractivity contribution in [2.75, 3.05) is 18.1 Å². The molecule has 1 aromatic carbocycles. The van der Waals surface area contributed by atoms with Crippen molar-refractivity contribution in [2.24, 2.45) is 0 Å². The number of fused-ring (bicyclic) bond motifs is 1. The van der Waals surface area contributed by atoms with Crippen LogP contribution in [0.1, 0.15) is 65.9 Å². The molecule has 0 radical (unpaired) electrons. The van der Waals surface area contributed by atoms with Crippen LogP contribution in [-0.4, -0.2) is 75.7 Å². The summed E-state index contributed by atoms with van der Waals surface area (Å²) in [6, 6.07) is 4.01. The second-order valence-corrected chi connectivity index (χ2v) is 22.5. The number of carbonyl (C=O) groups excluding carboxylic acids is 2. The summed E-state index contributed by atoms with van der Waals surface area (Å²) >= 11 is 0. The predicted octanol–water partition coefficient (Wildman–Crippen LogP) is 7.06. The average Bonchev–Trinajstić information content (AvgIpc) is 3.23. The Morgan fingerprint density at radius 1 is 1.02 bits per heavy atom. The van der Waals surface area contributed by atoms with E-state index in [1.165, 1.54) is 18.3 Å². The molecule has 0 saturated carbocycles. The lowest BCUT2D eigenvalue weighted by Crippen LogP contribution is -2.46. The molecule has 256 valence electrons. The molecule has 2 rings (SSSR count). The van der Waals surface area contributed by atoms with Gasteiger partial charge < -0.3 is 19.5 Å². The van der Waals surface area contributed by atoms with Gasteiger partial charge in [-0.3, -0.25) is 4.78 Å². The van der Waals surface area contributed by atoms with Gasteiger partial charge in [-0.2, -0.15) is 18.3 Å². The number of esters is 1. The van der Waals surface area contributed by atoms with E-state index in [1.54, 1.807) is 52.3 Å². The molecule has 0 saturated heterocycles. The number of hydrogen-bond acceptors (Lipinski definition) is 8. The maximum atomic E-state index is 14.2. The maximum absolute atomic E-state index is 14.2. The fraction of sp³-hybridized carbons (Fsp3) is 0.700. The number of carbonyl (C=O) groups is 2. The monoisotopic (exact) mass is 678 g/mol. The molecule has 3 atom stereocenters. The average molecular weight is 679 g/mol. The van der Waals surface area contributed by atoms with Crippen LogP contribution in [0, 0.1) is 4.78 Å². The minimum Gasteiger partial charge on any atom is -0.458 e. The molecule has 0 aliphatic heterocycles. The summed E-state index contributed by atoms with van der Waals surface area (Å²) in [6.45, 7) is 17.3. The minimum absolute atomic E-state index is 0.0253. The lowest BCUT2D eigenvalue weighted by Gasteiger charge is -2.26. The van der Waals surface area contributed by atoms with Gasteiger partial charge in [-0.1, -0.05) is 25.7 Å². The topological polar surface area (TPSA) is 133 Å². The van der Waals surface area contributed by atoms with E-state index in [4.69, 9.17) is 19.0 Å².